The quantitative estimate of drug-likeness (QED) is 0.725. The lowest BCUT2D eigenvalue weighted by atomic mass is 9.92. The van der Waals surface area contributed by atoms with Gasteiger partial charge in [0.25, 0.3) is 0 Å². The van der Waals surface area contributed by atoms with Gasteiger partial charge in [-0.05, 0) is 30.7 Å². The Morgan fingerprint density at radius 2 is 1.94 bits per heavy atom. The van der Waals surface area contributed by atoms with Crippen LogP contribution in [0.2, 0.25) is 0 Å². The van der Waals surface area contributed by atoms with Crippen LogP contribution in [-0.2, 0) is 9.59 Å². The van der Waals surface area contributed by atoms with E-state index >= 15 is 0 Å². The van der Waals surface area contributed by atoms with E-state index in [-0.39, 0.29) is 23.3 Å². The average Bonchev–Trinajstić information content (AvgIpc) is 3.29. The van der Waals surface area contributed by atoms with Gasteiger partial charge in [-0.2, -0.15) is 0 Å². The first kappa shape index (κ1) is 23.1. The minimum absolute atomic E-state index is 0.0707. The maximum absolute atomic E-state index is 13.1. The summed E-state index contributed by atoms with van der Waals surface area (Å²) >= 11 is 0. The van der Waals surface area contributed by atoms with E-state index < -0.39 is 0 Å². The van der Waals surface area contributed by atoms with Crippen molar-refractivity contribution < 1.29 is 9.59 Å². The van der Waals surface area contributed by atoms with Crippen molar-refractivity contribution in [2.75, 3.05) is 22.2 Å². The van der Waals surface area contributed by atoms with E-state index in [1.807, 2.05) is 26.8 Å². The second-order valence-electron chi connectivity index (χ2n) is 10.3. The molecule has 1 atom stereocenters. The number of carbonyl (C=O) groups is 2. The molecule has 33 heavy (non-hydrogen) atoms. The minimum Gasteiger partial charge on any atom is -0.340 e. The topological polar surface area (TPSA) is 91.3 Å². The first-order valence-corrected chi connectivity index (χ1v) is 11.9. The number of nitrogens with zero attached hydrogens (tertiary/aromatic N) is 5. The zero-order valence-electron chi connectivity index (χ0n) is 20.3. The van der Waals surface area contributed by atoms with Gasteiger partial charge in [0, 0.05) is 31.3 Å². The van der Waals surface area contributed by atoms with Gasteiger partial charge in [0.2, 0.25) is 11.8 Å². The largest absolute Gasteiger partial charge is 0.340 e. The number of aromatic nitrogens is 3. The maximum Gasteiger partial charge on any atom is 0.249 e. The van der Waals surface area contributed by atoms with Crippen molar-refractivity contribution in [1.29, 1.82) is 0 Å². The number of nitrogens with one attached hydrogen (secondary N) is 1. The summed E-state index contributed by atoms with van der Waals surface area (Å²) in [5, 5.41) is 2.99. The molecular formula is C25H34N6O2. The summed E-state index contributed by atoms with van der Waals surface area (Å²) in [4.78, 5) is 43.4. The number of likely N-dealkylation sites (N-methyl/N-ethyl adjacent to an activating group) is 1. The summed E-state index contributed by atoms with van der Waals surface area (Å²) in [7, 11) is 1.80. The van der Waals surface area contributed by atoms with Crippen LogP contribution < -0.4 is 15.1 Å². The van der Waals surface area contributed by atoms with Crippen LogP contribution in [0.5, 0.6) is 0 Å². The van der Waals surface area contributed by atoms with Crippen LogP contribution >= 0.6 is 0 Å². The van der Waals surface area contributed by atoms with Gasteiger partial charge in [-0.1, -0.05) is 40.5 Å². The van der Waals surface area contributed by atoms with Gasteiger partial charge in [-0.25, -0.2) is 9.97 Å². The van der Waals surface area contributed by atoms with Crippen molar-refractivity contribution >= 4 is 29.0 Å². The van der Waals surface area contributed by atoms with Gasteiger partial charge in [0.15, 0.2) is 11.6 Å². The predicted octanol–water partition coefficient (Wildman–Crippen LogP) is 4.42. The Labute approximate surface area is 195 Å². The zero-order chi connectivity index (χ0) is 23.8. The fraction of sp³-hybridized carbons (Fsp3) is 0.560. The van der Waals surface area contributed by atoms with Crippen LogP contribution in [-0.4, -0.2) is 45.9 Å². The fourth-order valence-corrected chi connectivity index (χ4v) is 4.88. The van der Waals surface area contributed by atoms with Crippen LogP contribution in [0.15, 0.2) is 24.7 Å². The Bertz CT molecular complexity index is 1040. The lowest BCUT2D eigenvalue weighted by molar-refractivity contribution is -0.120. The molecule has 3 heterocycles. The Morgan fingerprint density at radius 3 is 2.61 bits per heavy atom. The standard InChI is InChI=1S/C25H34N6O2/c1-6-19-24(33)30(5)20-15-27-22(29-23(20)31(19)16-9-7-8-10-16)17-11-12-26-14-18(17)28-21(32)13-25(2,3)4/h11-12,14-16,19H,6-10,13H2,1-5H3,(H,28,32)/t19-/m1/s1. The Balaban J connectivity index is 1.75. The molecule has 0 radical (unpaired) electrons. The van der Waals surface area contributed by atoms with Crippen molar-refractivity contribution in [2.45, 2.75) is 78.3 Å². The fourth-order valence-electron chi connectivity index (χ4n) is 4.88. The van der Waals surface area contributed by atoms with E-state index in [0.29, 0.717) is 29.5 Å². The van der Waals surface area contributed by atoms with Crippen molar-refractivity contribution in [3.8, 4) is 11.4 Å². The molecule has 8 nitrogen and oxygen atoms in total. The van der Waals surface area contributed by atoms with E-state index in [0.717, 1.165) is 30.8 Å². The Morgan fingerprint density at radius 1 is 1.21 bits per heavy atom. The highest BCUT2D eigenvalue weighted by Crippen LogP contribution is 2.40. The van der Waals surface area contributed by atoms with Crippen molar-refractivity contribution in [3.63, 3.8) is 0 Å². The van der Waals surface area contributed by atoms with Crippen LogP contribution in [0.25, 0.3) is 11.4 Å². The molecule has 2 amide bonds. The molecule has 0 aromatic carbocycles. The first-order chi connectivity index (χ1) is 15.7. The van der Waals surface area contributed by atoms with E-state index in [1.165, 1.54) is 12.8 Å². The number of anilines is 3. The summed E-state index contributed by atoms with van der Waals surface area (Å²) in [5.74, 6) is 1.33. The smallest absolute Gasteiger partial charge is 0.249 e. The molecule has 8 heteroatoms. The molecule has 1 aliphatic carbocycles. The highest BCUT2D eigenvalue weighted by Gasteiger charge is 2.41. The molecule has 2 aromatic heterocycles. The Kier molecular flexibility index (Phi) is 6.36. The zero-order valence-corrected chi connectivity index (χ0v) is 20.3. The third-order valence-corrected chi connectivity index (χ3v) is 6.44. The van der Waals surface area contributed by atoms with E-state index in [9.17, 15) is 9.59 Å². The summed E-state index contributed by atoms with van der Waals surface area (Å²) in [5.41, 5.74) is 1.91. The van der Waals surface area contributed by atoms with Gasteiger partial charge in [0.05, 0.1) is 18.1 Å². The highest BCUT2D eigenvalue weighted by atomic mass is 16.2. The van der Waals surface area contributed by atoms with Gasteiger partial charge in [-0.15, -0.1) is 0 Å². The summed E-state index contributed by atoms with van der Waals surface area (Å²) in [6.45, 7) is 8.14. The van der Waals surface area contributed by atoms with Crippen LogP contribution in [0.4, 0.5) is 17.2 Å². The van der Waals surface area contributed by atoms with Crippen LogP contribution in [0.3, 0.4) is 0 Å². The molecule has 2 aliphatic rings. The normalized spacial score (nSPS) is 19.1. The highest BCUT2D eigenvalue weighted by molar-refractivity contribution is 6.04. The molecule has 1 N–H and O–H groups in total. The second-order valence-corrected chi connectivity index (χ2v) is 10.3. The number of rotatable bonds is 5. The molecule has 0 bridgehead atoms. The molecule has 176 valence electrons. The van der Waals surface area contributed by atoms with Crippen molar-refractivity contribution in [1.82, 2.24) is 15.0 Å². The average molecular weight is 451 g/mol. The van der Waals surface area contributed by atoms with E-state index in [2.05, 4.69) is 27.1 Å². The third-order valence-electron chi connectivity index (χ3n) is 6.44. The van der Waals surface area contributed by atoms with Gasteiger partial charge in [0.1, 0.15) is 11.7 Å². The van der Waals surface area contributed by atoms with Crippen LogP contribution in [0, 0.1) is 5.41 Å². The van der Waals surface area contributed by atoms with Crippen LogP contribution in [0.1, 0.15) is 66.2 Å². The lowest BCUT2D eigenvalue weighted by Gasteiger charge is -2.43. The minimum atomic E-state index is -0.225. The molecule has 0 saturated heterocycles. The summed E-state index contributed by atoms with van der Waals surface area (Å²) in [6.07, 6.45) is 10.6. The molecule has 1 saturated carbocycles. The summed E-state index contributed by atoms with van der Waals surface area (Å²) < 4.78 is 0. The number of fused-ring (bicyclic) bond motifs is 1. The number of pyridine rings is 1. The first-order valence-electron chi connectivity index (χ1n) is 11.9. The van der Waals surface area contributed by atoms with E-state index in [1.54, 1.807) is 30.5 Å². The van der Waals surface area contributed by atoms with Gasteiger partial charge >= 0.3 is 0 Å². The number of amides is 2. The molecule has 0 unspecified atom stereocenters. The monoisotopic (exact) mass is 450 g/mol. The van der Waals surface area contributed by atoms with E-state index in [4.69, 9.17) is 4.98 Å². The molecule has 1 aliphatic heterocycles. The van der Waals surface area contributed by atoms with Crippen molar-refractivity contribution in [3.05, 3.63) is 24.7 Å². The summed E-state index contributed by atoms with van der Waals surface area (Å²) in [6, 6.07) is 1.90. The molecule has 4 rings (SSSR count). The molecule has 2 aromatic rings. The molecule has 0 spiro atoms. The SMILES string of the molecule is CC[C@@H]1C(=O)N(C)c2cnc(-c3ccncc3NC(=O)CC(C)(C)C)nc2N1C1CCCC1. The maximum atomic E-state index is 13.1. The Hall–Kier alpha value is -3.03. The van der Waals surface area contributed by atoms with Gasteiger partial charge in [-0.3, -0.25) is 14.6 Å². The molecule has 1 fully saturated rings. The number of hydrogen-bond acceptors (Lipinski definition) is 6. The van der Waals surface area contributed by atoms with Gasteiger partial charge < -0.3 is 15.1 Å². The van der Waals surface area contributed by atoms with Crippen molar-refractivity contribution in [2.24, 2.45) is 5.41 Å². The number of carbonyl (C=O) groups excluding carboxylic acids is 2. The predicted molar refractivity (Wildman–Crippen MR) is 130 cm³/mol. The number of hydrogen-bond donors (Lipinski definition) is 1. The third kappa shape index (κ3) is 4.70. The lowest BCUT2D eigenvalue weighted by Crippen LogP contribution is -2.55. The molecular weight excluding hydrogens is 416 g/mol. The second kappa shape index (κ2) is 9.08.